The first-order valence-corrected chi connectivity index (χ1v) is 9.06. The molecule has 0 saturated carbocycles. The molecule has 0 bridgehead atoms. The average Bonchev–Trinajstić information content (AvgIpc) is 3.05. The van der Waals surface area contributed by atoms with Gasteiger partial charge in [0.15, 0.2) is 5.13 Å². The lowest BCUT2D eigenvalue weighted by Gasteiger charge is -2.06. The van der Waals surface area contributed by atoms with Crippen LogP contribution >= 0.6 is 34.5 Å². The molecule has 1 N–H and O–H groups in total. The lowest BCUT2D eigenvalue weighted by Crippen LogP contribution is -2.06. The summed E-state index contributed by atoms with van der Waals surface area (Å²) in [5.74, 6) is -0.534. The first kappa shape index (κ1) is 17.7. The Morgan fingerprint density at radius 3 is 2.72 bits per heavy atom. The molecule has 1 aromatic heterocycles. The van der Waals surface area contributed by atoms with Crippen LogP contribution < -0.4 is 5.32 Å². The van der Waals surface area contributed by atoms with Crippen molar-refractivity contribution in [2.45, 2.75) is 13.5 Å². The number of aryl methyl sites for hydroxylation is 1. The third kappa shape index (κ3) is 4.51. The Labute approximate surface area is 159 Å². The van der Waals surface area contributed by atoms with Crippen LogP contribution in [0.15, 0.2) is 47.8 Å². The van der Waals surface area contributed by atoms with Crippen molar-refractivity contribution < 1.29 is 9.53 Å². The van der Waals surface area contributed by atoms with E-state index in [1.165, 1.54) is 16.9 Å². The summed E-state index contributed by atoms with van der Waals surface area (Å²) in [6, 6.07) is 12.8. The molecule has 0 aliphatic rings. The van der Waals surface area contributed by atoms with Gasteiger partial charge in [0, 0.05) is 11.1 Å². The minimum Gasteiger partial charge on any atom is -0.456 e. The Balaban J connectivity index is 1.61. The van der Waals surface area contributed by atoms with Gasteiger partial charge in [-0.15, -0.1) is 11.3 Å². The molecule has 1 heterocycles. The van der Waals surface area contributed by atoms with E-state index < -0.39 is 5.97 Å². The van der Waals surface area contributed by atoms with Gasteiger partial charge < -0.3 is 10.1 Å². The maximum absolute atomic E-state index is 12.1. The largest absolute Gasteiger partial charge is 0.456 e. The Morgan fingerprint density at radius 1 is 1.20 bits per heavy atom. The van der Waals surface area contributed by atoms with Gasteiger partial charge in [-0.3, -0.25) is 0 Å². The molecule has 25 heavy (non-hydrogen) atoms. The number of nitrogens with one attached hydrogen (secondary N) is 1. The highest BCUT2D eigenvalue weighted by Crippen LogP contribution is 2.26. The molecule has 4 nitrogen and oxygen atoms in total. The number of hydrogen-bond acceptors (Lipinski definition) is 5. The number of carbonyl (C=O) groups excluding carboxylic acids is 1. The second-order valence-electron chi connectivity index (χ2n) is 5.31. The fraction of sp³-hybridized carbons (Fsp3) is 0.111. The molecular weight excluding hydrogens is 379 g/mol. The zero-order valence-corrected chi connectivity index (χ0v) is 15.6. The Bertz CT molecular complexity index is 894. The van der Waals surface area contributed by atoms with Crippen LogP contribution in [-0.4, -0.2) is 11.0 Å². The van der Waals surface area contributed by atoms with Crippen LogP contribution in [0.2, 0.25) is 10.0 Å². The van der Waals surface area contributed by atoms with Crippen molar-refractivity contribution in [1.29, 1.82) is 0 Å². The number of anilines is 2. The molecule has 0 unspecified atom stereocenters. The molecule has 0 radical (unpaired) electrons. The third-order valence-corrected chi connectivity index (χ3v) is 5.00. The van der Waals surface area contributed by atoms with E-state index >= 15 is 0 Å². The molecule has 0 aliphatic heterocycles. The number of hydrogen-bond donors (Lipinski definition) is 1. The molecule has 3 aromatic rings. The third-order valence-electron chi connectivity index (χ3n) is 3.38. The lowest BCUT2D eigenvalue weighted by molar-refractivity contribution is 0.0468. The summed E-state index contributed by atoms with van der Waals surface area (Å²) < 4.78 is 5.26. The minimum absolute atomic E-state index is 0.0632. The van der Waals surface area contributed by atoms with E-state index in [1.807, 2.05) is 36.6 Å². The molecule has 0 aliphatic carbocycles. The van der Waals surface area contributed by atoms with Crippen molar-refractivity contribution in [1.82, 2.24) is 4.98 Å². The zero-order chi connectivity index (χ0) is 17.8. The molecule has 7 heteroatoms. The van der Waals surface area contributed by atoms with Crippen LogP contribution in [0.4, 0.5) is 10.8 Å². The van der Waals surface area contributed by atoms with Gasteiger partial charge in [0.1, 0.15) is 6.61 Å². The summed E-state index contributed by atoms with van der Waals surface area (Å²) in [7, 11) is 0. The average molecular weight is 393 g/mol. The van der Waals surface area contributed by atoms with Crippen LogP contribution in [0.3, 0.4) is 0 Å². The SMILES string of the molecule is Cc1ccc(Nc2nc(COC(=O)c3cccc(Cl)c3Cl)cs2)cc1. The van der Waals surface area contributed by atoms with Crippen molar-refractivity contribution >= 4 is 51.3 Å². The van der Waals surface area contributed by atoms with Crippen LogP contribution in [0, 0.1) is 6.92 Å². The maximum atomic E-state index is 12.1. The summed E-state index contributed by atoms with van der Waals surface area (Å²) in [5.41, 5.74) is 3.04. The van der Waals surface area contributed by atoms with Gasteiger partial charge in [0.25, 0.3) is 0 Å². The summed E-state index contributed by atoms with van der Waals surface area (Å²) in [4.78, 5) is 16.5. The van der Waals surface area contributed by atoms with E-state index in [0.29, 0.717) is 10.7 Å². The van der Waals surface area contributed by atoms with Crippen molar-refractivity contribution in [3.8, 4) is 0 Å². The Hall–Kier alpha value is -2.08. The van der Waals surface area contributed by atoms with Gasteiger partial charge in [-0.25, -0.2) is 9.78 Å². The summed E-state index contributed by atoms with van der Waals surface area (Å²) >= 11 is 13.4. The molecule has 2 aromatic carbocycles. The fourth-order valence-electron chi connectivity index (χ4n) is 2.07. The molecule has 0 saturated heterocycles. The summed E-state index contributed by atoms with van der Waals surface area (Å²) in [5, 5.41) is 6.29. The number of nitrogens with zero attached hydrogens (tertiary/aromatic N) is 1. The second kappa shape index (κ2) is 7.87. The number of aromatic nitrogens is 1. The van der Waals surface area contributed by atoms with Gasteiger partial charge >= 0.3 is 5.97 Å². The number of benzene rings is 2. The minimum atomic E-state index is -0.534. The number of carbonyl (C=O) groups is 1. The fourth-order valence-corrected chi connectivity index (χ4v) is 3.16. The first-order chi connectivity index (χ1) is 12.0. The summed E-state index contributed by atoms with van der Waals surface area (Å²) in [6.45, 7) is 2.10. The number of ether oxygens (including phenoxy) is 1. The van der Waals surface area contributed by atoms with E-state index in [1.54, 1.807) is 18.2 Å². The smallest absolute Gasteiger partial charge is 0.340 e. The van der Waals surface area contributed by atoms with E-state index in [9.17, 15) is 4.79 Å². The van der Waals surface area contributed by atoms with Crippen molar-refractivity contribution in [3.63, 3.8) is 0 Å². The van der Waals surface area contributed by atoms with Crippen LogP contribution in [0.1, 0.15) is 21.6 Å². The Kier molecular flexibility index (Phi) is 5.58. The number of rotatable bonds is 5. The van der Waals surface area contributed by atoms with Gasteiger partial charge in [0.05, 0.1) is 21.3 Å². The lowest BCUT2D eigenvalue weighted by atomic mass is 10.2. The quantitative estimate of drug-likeness (QED) is 0.552. The van der Waals surface area contributed by atoms with Crippen LogP contribution in [0.25, 0.3) is 0 Å². The molecule has 3 rings (SSSR count). The maximum Gasteiger partial charge on any atom is 0.340 e. The van der Waals surface area contributed by atoms with Crippen LogP contribution in [0.5, 0.6) is 0 Å². The first-order valence-electron chi connectivity index (χ1n) is 7.42. The molecule has 0 amide bonds. The van der Waals surface area contributed by atoms with E-state index in [2.05, 4.69) is 10.3 Å². The zero-order valence-electron chi connectivity index (χ0n) is 13.3. The number of halogens is 2. The van der Waals surface area contributed by atoms with Crippen molar-refractivity contribution in [2.24, 2.45) is 0 Å². The highest BCUT2D eigenvalue weighted by molar-refractivity contribution is 7.13. The Morgan fingerprint density at radius 2 is 1.96 bits per heavy atom. The standard InChI is InChI=1S/C18H14Cl2N2O2S/c1-11-5-7-12(8-6-11)21-18-22-13(10-25-18)9-24-17(23)14-3-2-4-15(19)16(14)20/h2-8,10H,9H2,1H3,(H,21,22). The monoisotopic (exact) mass is 392 g/mol. The van der Waals surface area contributed by atoms with Crippen molar-refractivity contribution in [2.75, 3.05) is 5.32 Å². The normalized spacial score (nSPS) is 10.5. The van der Waals surface area contributed by atoms with E-state index in [0.717, 1.165) is 10.8 Å². The van der Waals surface area contributed by atoms with Gasteiger partial charge in [-0.05, 0) is 31.2 Å². The topological polar surface area (TPSA) is 51.2 Å². The van der Waals surface area contributed by atoms with Gasteiger partial charge in [0.2, 0.25) is 0 Å². The highest BCUT2D eigenvalue weighted by Gasteiger charge is 2.14. The van der Waals surface area contributed by atoms with Crippen LogP contribution in [-0.2, 0) is 11.3 Å². The highest BCUT2D eigenvalue weighted by atomic mass is 35.5. The van der Waals surface area contributed by atoms with Crippen molar-refractivity contribution in [3.05, 3.63) is 74.7 Å². The van der Waals surface area contributed by atoms with Gasteiger partial charge in [-0.1, -0.05) is 47.0 Å². The molecule has 128 valence electrons. The molecule has 0 atom stereocenters. The van der Waals surface area contributed by atoms with E-state index in [-0.39, 0.29) is 17.2 Å². The molecule has 0 spiro atoms. The predicted molar refractivity (Wildman–Crippen MR) is 102 cm³/mol. The number of thiazole rings is 1. The summed E-state index contributed by atoms with van der Waals surface area (Å²) in [6.07, 6.45) is 0. The molecular formula is C18H14Cl2N2O2S. The van der Waals surface area contributed by atoms with Gasteiger partial charge in [-0.2, -0.15) is 0 Å². The van der Waals surface area contributed by atoms with E-state index in [4.69, 9.17) is 27.9 Å². The predicted octanol–water partition coefficient (Wildman–Crippen LogP) is 5.86. The number of esters is 1. The molecule has 0 fully saturated rings. The second-order valence-corrected chi connectivity index (χ2v) is 6.96.